The van der Waals surface area contributed by atoms with Gasteiger partial charge in [-0.2, -0.15) is 0 Å². The van der Waals surface area contributed by atoms with Gasteiger partial charge < -0.3 is 4.74 Å². The van der Waals surface area contributed by atoms with Crippen LogP contribution in [0, 0.1) is 13.8 Å². The number of para-hydroxylation sites is 1. The molecule has 1 aromatic carbocycles. The van der Waals surface area contributed by atoms with E-state index in [1.165, 1.54) is 17.4 Å². The molecule has 0 saturated heterocycles. The zero-order chi connectivity index (χ0) is 15.9. The molecule has 0 spiro atoms. The number of aromatic nitrogens is 1. The number of amides is 1. The minimum Gasteiger partial charge on any atom is -0.493 e. The highest BCUT2D eigenvalue weighted by atomic mass is 32.1. The first-order chi connectivity index (χ1) is 10.6. The van der Waals surface area contributed by atoms with Gasteiger partial charge in [-0.05, 0) is 32.4 Å². The number of rotatable bonds is 6. The lowest BCUT2D eigenvalue weighted by Crippen LogP contribution is -2.07. The summed E-state index contributed by atoms with van der Waals surface area (Å²) in [5.74, 6) is 0.591. The van der Waals surface area contributed by atoms with E-state index in [9.17, 15) is 4.79 Å². The van der Waals surface area contributed by atoms with Crippen LogP contribution in [0.25, 0.3) is 6.08 Å². The highest BCUT2D eigenvalue weighted by Crippen LogP contribution is 2.22. The molecule has 0 aliphatic heterocycles. The first-order valence-electron chi connectivity index (χ1n) is 7.25. The highest BCUT2D eigenvalue weighted by molar-refractivity contribution is 7.15. The Hall–Kier alpha value is -2.14. The lowest BCUT2D eigenvalue weighted by molar-refractivity contribution is -0.111. The molecule has 0 aliphatic rings. The minimum absolute atomic E-state index is 0.195. The average molecular weight is 316 g/mol. The van der Waals surface area contributed by atoms with Gasteiger partial charge in [0.25, 0.3) is 0 Å². The molecule has 2 rings (SSSR count). The van der Waals surface area contributed by atoms with E-state index in [-0.39, 0.29) is 5.91 Å². The monoisotopic (exact) mass is 316 g/mol. The number of benzene rings is 1. The zero-order valence-electron chi connectivity index (χ0n) is 13.1. The SMILES string of the molecule is CCCOc1ccccc1C=CC(=O)Nc1nc(C)c(C)s1. The van der Waals surface area contributed by atoms with Gasteiger partial charge in [-0.3, -0.25) is 10.1 Å². The molecule has 0 fully saturated rings. The molecule has 2 aromatic rings. The molecule has 1 heterocycles. The van der Waals surface area contributed by atoms with Gasteiger partial charge in [-0.25, -0.2) is 4.98 Å². The molecule has 0 radical (unpaired) electrons. The van der Waals surface area contributed by atoms with Gasteiger partial charge in [-0.1, -0.05) is 25.1 Å². The van der Waals surface area contributed by atoms with Gasteiger partial charge in [0.05, 0.1) is 12.3 Å². The molecule has 1 N–H and O–H groups in total. The van der Waals surface area contributed by atoms with E-state index in [2.05, 4.69) is 17.2 Å². The number of aryl methyl sites for hydroxylation is 2. The van der Waals surface area contributed by atoms with Crippen molar-refractivity contribution in [1.82, 2.24) is 4.98 Å². The maximum absolute atomic E-state index is 12.0. The fourth-order valence-electron chi connectivity index (χ4n) is 1.80. The number of hydrogen-bond acceptors (Lipinski definition) is 4. The Kier molecular flexibility index (Phi) is 5.72. The van der Waals surface area contributed by atoms with Crippen molar-refractivity contribution in [2.45, 2.75) is 27.2 Å². The molecule has 116 valence electrons. The second-order valence-electron chi connectivity index (χ2n) is 4.87. The van der Waals surface area contributed by atoms with Crippen LogP contribution in [0.1, 0.15) is 29.5 Å². The molecule has 0 saturated carbocycles. The van der Waals surface area contributed by atoms with E-state index in [4.69, 9.17) is 4.74 Å². The summed E-state index contributed by atoms with van der Waals surface area (Å²) in [6, 6.07) is 7.67. The molecule has 1 aromatic heterocycles. The number of carbonyl (C=O) groups excluding carboxylic acids is 1. The predicted octanol–water partition coefficient (Wildman–Crippen LogP) is 4.20. The Balaban J connectivity index is 2.03. The van der Waals surface area contributed by atoms with Gasteiger partial charge in [-0.15, -0.1) is 11.3 Å². The van der Waals surface area contributed by atoms with Gasteiger partial charge >= 0.3 is 0 Å². The quantitative estimate of drug-likeness (QED) is 0.813. The van der Waals surface area contributed by atoms with Gasteiger partial charge in [0.2, 0.25) is 5.91 Å². The molecule has 0 aliphatic carbocycles. The Bertz CT molecular complexity index is 658. The summed E-state index contributed by atoms with van der Waals surface area (Å²) in [5, 5.41) is 3.40. The van der Waals surface area contributed by atoms with Crippen LogP contribution in [0.4, 0.5) is 5.13 Å². The van der Waals surface area contributed by atoms with Crippen LogP contribution in [0.3, 0.4) is 0 Å². The van der Waals surface area contributed by atoms with Crippen molar-refractivity contribution in [3.8, 4) is 5.75 Å². The van der Waals surface area contributed by atoms with Crippen LogP contribution in [0.5, 0.6) is 5.75 Å². The van der Waals surface area contributed by atoms with Crippen molar-refractivity contribution in [2.24, 2.45) is 0 Å². The summed E-state index contributed by atoms with van der Waals surface area (Å²) in [6.45, 7) is 6.64. The first-order valence-corrected chi connectivity index (χ1v) is 8.06. The molecular formula is C17H20N2O2S. The first kappa shape index (κ1) is 16.2. The lowest BCUT2D eigenvalue weighted by Gasteiger charge is -2.07. The van der Waals surface area contributed by atoms with Crippen LogP contribution < -0.4 is 10.1 Å². The third-order valence-electron chi connectivity index (χ3n) is 3.05. The van der Waals surface area contributed by atoms with Crippen molar-refractivity contribution in [3.05, 3.63) is 46.5 Å². The maximum Gasteiger partial charge on any atom is 0.250 e. The van der Waals surface area contributed by atoms with Crippen LogP contribution >= 0.6 is 11.3 Å². The standard InChI is InChI=1S/C17H20N2O2S/c1-4-11-21-15-8-6-5-7-14(15)9-10-16(20)19-17-18-12(2)13(3)22-17/h5-10H,4,11H2,1-3H3,(H,18,19,20). The molecule has 5 heteroatoms. The molecule has 0 unspecified atom stereocenters. The Morgan fingerprint density at radius 3 is 2.82 bits per heavy atom. The van der Waals surface area contributed by atoms with Crippen LogP contribution in [-0.2, 0) is 4.79 Å². The zero-order valence-corrected chi connectivity index (χ0v) is 13.9. The summed E-state index contributed by atoms with van der Waals surface area (Å²) in [6.07, 6.45) is 4.20. The number of carbonyl (C=O) groups is 1. The summed E-state index contributed by atoms with van der Waals surface area (Å²) in [5.41, 5.74) is 1.83. The van der Waals surface area contributed by atoms with Crippen molar-refractivity contribution >= 4 is 28.5 Å². The molecule has 0 bridgehead atoms. The fourth-order valence-corrected chi connectivity index (χ4v) is 2.62. The van der Waals surface area contributed by atoms with Crippen molar-refractivity contribution < 1.29 is 9.53 Å². The smallest absolute Gasteiger partial charge is 0.250 e. The number of thiazole rings is 1. The number of nitrogens with zero attached hydrogens (tertiary/aromatic N) is 1. The predicted molar refractivity (Wildman–Crippen MR) is 91.5 cm³/mol. The Morgan fingerprint density at radius 2 is 2.14 bits per heavy atom. The summed E-state index contributed by atoms with van der Waals surface area (Å²) >= 11 is 1.48. The van der Waals surface area contributed by atoms with Crippen molar-refractivity contribution in [2.75, 3.05) is 11.9 Å². The summed E-state index contributed by atoms with van der Waals surface area (Å²) in [7, 11) is 0. The van der Waals surface area contributed by atoms with Crippen LogP contribution in [0.15, 0.2) is 30.3 Å². The van der Waals surface area contributed by atoms with E-state index >= 15 is 0 Å². The second-order valence-corrected chi connectivity index (χ2v) is 6.07. The summed E-state index contributed by atoms with van der Waals surface area (Å²) in [4.78, 5) is 17.4. The van der Waals surface area contributed by atoms with Gasteiger partial charge in [0.1, 0.15) is 5.75 Å². The number of nitrogens with one attached hydrogen (secondary N) is 1. The third-order valence-corrected chi connectivity index (χ3v) is 4.04. The summed E-state index contributed by atoms with van der Waals surface area (Å²) < 4.78 is 5.66. The number of hydrogen-bond donors (Lipinski definition) is 1. The number of ether oxygens (including phenoxy) is 1. The lowest BCUT2D eigenvalue weighted by atomic mass is 10.2. The molecule has 0 atom stereocenters. The molecular weight excluding hydrogens is 296 g/mol. The Morgan fingerprint density at radius 1 is 1.36 bits per heavy atom. The van der Waals surface area contributed by atoms with E-state index < -0.39 is 0 Å². The van der Waals surface area contributed by atoms with Crippen molar-refractivity contribution in [1.29, 1.82) is 0 Å². The average Bonchev–Trinajstić information content (AvgIpc) is 2.81. The molecule has 1 amide bonds. The minimum atomic E-state index is -0.195. The van der Waals surface area contributed by atoms with Gasteiger partial charge in [0, 0.05) is 16.5 Å². The maximum atomic E-state index is 12.0. The second kappa shape index (κ2) is 7.75. The molecule has 4 nitrogen and oxygen atoms in total. The molecule has 22 heavy (non-hydrogen) atoms. The third kappa shape index (κ3) is 4.43. The van der Waals surface area contributed by atoms with E-state index in [1.807, 2.05) is 38.1 Å². The Labute approximate surface area is 134 Å². The van der Waals surface area contributed by atoms with E-state index in [1.54, 1.807) is 6.08 Å². The highest BCUT2D eigenvalue weighted by Gasteiger charge is 2.06. The van der Waals surface area contributed by atoms with Crippen LogP contribution in [-0.4, -0.2) is 17.5 Å². The van der Waals surface area contributed by atoms with Crippen LogP contribution in [0.2, 0.25) is 0 Å². The number of anilines is 1. The topological polar surface area (TPSA) is 51.2 Å². The largest absolute Gasteiger partial charge is 0.493 e. The van der Waals surface area contributed by atoms with Crippen molar-refractivity contribution in [3.63, 3.8) is 0 Å². The fraction of sp³-hybridized carbons (Fsp3) is 0.294. The normalized spacial score (nSPS) is 10.9. The van der Waals surface area contributed by atoms with E-state index in [0.29, 0.717) is 11.7 Å². The van der Waals surface area contributed by atoms with Gasteiger partial charge in [0.15, 0.2) is 5.13 Å². The van der Waals surface area contributed by atoms with E-state index in [0.717, 1.165) is 28.3 Å².